The largest absolute Gasteiger partial charge is 0.369 e. The predicted octanol–water partition coefficient (Wildman–Crippen LogP) is 1.31. The quantitative estimate of drug-likeness (QED) is 0.900. The number of amides is 2. The Morgan fingerprint density at radius 2 is 2.28 bits per heavy atom. The molecule has 2 rings (SSSR count). The molecule has 1 unspecified atom stereocenters. The van der Waals surface area contributed by atoms with E-state index in [1.165, 1.54) is 11.0 Å². The molecule has 0 aromatic heterocycles. The van der Waals surface area contributed by atoms with Crippen molar-refractivity contribution in [2.75, 3.05) is 6.54 Å². The van der Waals surface area contributed by atoms with Crippen LogP contribution in [0.4, 0.5) is 4.39 Å². The third kappa shape index (κ3) is 2.46. The molecule has 1 aliphatic heterocycles. The summed E-state index contributed by atoms with van der Waals surface area (Å²) in [5, 5.41) is 0.0191. The van der Waals surface area contributed by atoms with Crippen molar-refractivity contribution in [1.82, 2.24) is 4.90 Å². The first-order valence-corrected chi connectivity index (χ1v) is 5.87. The molecular formula is C12H12ClFN2O2. The van der Waals surface area contributed by atoms with Crippen LogP contribution in [0.1, 0.15) is 12.0 Å². The summed E-state index contributed by atoms with van der Waals surface area (Å²) < 4.78 is 13.7. The van der Waals surface area contributed by atoms with Gasteiger partial charge in [-0.15, -0.1) is 0 Å². The van der Waals surface area contributed by atoms with Crippen molar-refractivity contribution in [3.05, 3.63) is 34.6 Å². The maximum absolute atomic E-state index is 13.7. The van der Waals surface area contributed by atoms with Crippen LogP contribution in [0.15, 0.2) is 18.2 Å². The van der Waals surface area contributed by atoms with Gasteiger partial charge >= 0.3 is 0 Å². The van der Waals surface area contributed by atoms with Crippen LogP contribution in [0.2, 0.25) is 5.02 Å². The van der Waals surface area contributed by atoms with E-state index >= 15 is 0 Å². The van der Waals surface area contributed by atoms with Gasteiger partial charge in [0.05, 0.1) is 10.9 Å². The molecule has 96 valence electrons. The molecule has 0 aliphatic carbocycles. The van der Waals surface area contributed by atoms with Gasteiger partial charge in [0.15, 0.2) is 0 Å². The Balaban J connectivity index is 2.13. The number of nitrogens with zero attached hydrogens (tertiary/aromatic N) is 1. The molecule has 0 saturated carbocycles. The van der Waals surface area contributed by atoms with Crippen molar-refractivity contribution in [2.45, 2.75) is 13.0 Å². The molecule has 18 heavy (non-hydrogen) atoms. The van der Waals surface area contributed by atoms with Crippen molar-refractivity contribution in [2.24, 2.45) is 11.7 Å². The van der Waals surface area contributed by atoms with Crippen LogP contribution < -0.4 is 5.73 Å². The Hall–Kier alpha value is -1.62. The highest BCUT2D eigenvalue weighted by Gasteiger charge is 2.33. The summed E-state index contributed by atoms with van der Waals surface area (Å²) in [4.78, 5) is 24.1. The number of hydrogen-bond donors (Lipinski definition) is 1. The fourth-order valence-corrected chi connectivity index (χ4v) is 2.19. The molecule has 4 nitrogen and oxygen atoms in total. The molecule has 1 atom stereocenters. The minimum absolute atomic E-state index is 0.0191. The maximum atomic E-state index is 13.7. The molecule has 0 bridgehead atoms. The maximum Gasteiger partial charge on any atom is 0.223 e. The van der Waals surface area contributed by atoms with Crippen molar-refractivity contribution in [3.63, 3.8) is 0 Å². The summed E-state index contributed by atoms with van der Waals surface area (Å²) >= 11 is 5.66. The van der Waals surface area contributed by atoms with Crippen LogP contribution in [0.5, 0.6) is 0 Å². The van der Waals surface area contributed by atoms with E-state index in [0.717, 1.165) is 0 Å². The molecule has 1 aromatic carbocycles. The number of nitrogens with two attached hydrogens (primary N) is 1. The number of rotatable bonds is 3. The third-order valence-electron chi connectivity index (χ3n) is 3.01. The molecule has 6 heteroatoms. The van der Waals surface area contributed by atoms with E-state index in [1.807, 2.05) is 0 Å². The lowest BCUT2D eigenvalue weighted by atomic mass is 10.1. The lowest BCUT2D eigenvalue weighted by Crippen LogP contribution is -2.28. The Kier molecular flexibility index (Phi) is 3.52. The molecule has 2 N–H and O–H groups in total. The van der Waals surface area contributed by atoms with Crippen molar-refractivity contribution < 1.29 is 14.0 Å². The summed E-state index contributed by atoms with van der Waals surface area (Å²) in [6.07, 6.45) is 0.0948. The van der Waals surface area contributed by atoms with Gasteiger partial charge < -0.3 is 10.6 Å². The number of primary amides is 1. The van der Waals surface area contributed by atoms with E-state index in [0.29, 0.717) is 5.56 Å². The summed E-state index contributed by atoms with van der Waals surface area (Å²) in [5.41, 5.74) is 5.49. The zero-order valence-corrected chi connectivity index (χ0v) is 10.3. The second-order valence-electron chi connectivity index (χ2n) is 4.29. The van der Waals surface area contributed by atoms with Crippen molar-refractivity contribution in [1.29, 1.82) is 0 Å². The average Bonchev–Trinajstić information content (AvgIpc) is 2.67. The van der Waals surface area contributed by atoms with Gasteiger partial charge in [0, 0.05) is 25.1 Å². The number of halogens is 2. The summed E-state index contributed by atoms with van der Waals surface area (Å²) in [7, 11) is 0. The molecule has 1 aliphatic rings. The molecule has 1 heterocycles. The summed E-state index contributed by atoms with van der Waals surface area (Å²) in [6, 6.07) is 4.62. The Morgan fingerprint density at radius 1 is 1.56 bits per heavy atom. The van der Waals surface area contributed by atoms with Crippen molar-refractivity contribution in [3.8, 4) is 0 Å². The minimum atomic E-state index is -0.533. The predicted molar refractivity (Wildman–Crippen MR) is 64.1 cm³/mol. The second kappa shape index (κ2) is 4.94. The fourth-order valence-electron chi connectivity index (χ4n) is 1.99. The summed E-state index contributed by atoms with van der Waals surface area (Å²) in [6.45, 7) is 0.342. The monoisotopic (exact) mass is 270 g/mol. The lowest BCUT2D eigenvalue weighted by Gasteiger charge is -2.16. The molecule has 1 saturated heterocycles. The highest BCUT2D eigenvalue weighted by molar-refractivity contribution is 6.30. The topological polar surface area (TPSA) is 63.4 Å². The lowest BCUT2D eigenvalue weighted by molar-refractivity contribution is -0.128. The number of carbonyl (C=O) groups is 2. The first-order chi connectivity index (χ1) is 8.49. The Bertz CT molecular complexity index is 507. The standard InChI is InChI=1S/C12H12ClFN2O2/c13-9-3-1-2-7(11(9)14)5-16-6-8(12(15)18)4-10(16)17/h1-3,8H,4-6H2,(H2,15,18). The molecule has 1 fully saturated rings. The van der Waals surface area contributed by atoms with Gasteiger partial charge in [0.25, 0.3) is 0 Å². The van der Waals surface area contributed by atoms with E-state index < -0.39 is 17.6 Å². The van der Waals surface area contributed by atoms with Gasteiger partial charge in [-0.2, -0.15) is 0 Å². The van der Waals surface area contributed by atoms with E-state index in [2.05, 4.69) is 0 Å². The number of benzene rings is 1. The average molecular weight is 271 g/mol. The van der Waals surface area contributed by atoms with Crippen LogP contribution in [-0.4, -0.2) is 23.3 Å². The first kappa shape index (κ1) is 12.8. The van der Waals surface area contributed by atoms with E-state index in [-0.39, 0.29) is 30.4 Å². The number of hydrogen-bond acceptors (Lipinski definition) is 2. The molecule has 2 amide bonds. The SMILES string of the molecule is NC(=O)C1CC(=O)N(Cc2cccc(Cl)c2F)C1. The summed E-state index contributed by atoms with van der Waals surface area (Å²) in [5.74, 6) is -1.72. The minimum Gasteiger partial charge on any atom is -0.369 e. The molecular weight excluding hydrogens is 259 g/mol. The normalized spacial score (nSPS) is 19.3. The smallest absolute Gasteiger partial charge is 0.223 e. The third-order valence-corrected chi connectivity index (χ3v) is 3.30. The van der Waals surface area contributed by atoms with E-state index in [4.69, 9.17) is 17.3 Å². The van der Waals surface area contributed by atoms with Crippen LogP contribution in [0.3, 0.4) is 0 Å². The molecule has 0 radical (unpaired) electrons. The molecule has 1 aromatic rings. The number of carbonyl (C=O) groups excluding carboxylic acids is 2. The highest BCUT2D eigenvalue weighted by atomic mass is 35.5. The van der Waals surface area contributed by atoms with Gasteiger partial charge in [0.2, 0.25) is 11.8 Å². The van der Waals surface area contributed by atoms with E-state index in [9.17, 15) is 14.0 Å². The van der Waals surface area contributed by atoms with Gasteiger partial charge in [0.1, 0.15) is 5.82 Å². The van der Waals surface area contributed by atoms with Gasteiger partial charge in [-0.25, -0.2) is 4.39 Å². The number of likely N-dealkylation sites (tertiary alicyclic amines) is 1. The van der Waals surface area contributed by atoms with Gasteiger partial charge in [-0.3, -0.25) is 9.59 Å². The zero-order chi connectivity index (χ0) is 13.3. The van der Waals surface area contributed by atoms with Gasteiger partial charge in [-0.05, 0) is 6.07 Å². The Morgan fingerprint density at radius 3 is 2.89 bits per heavy atom. The van der Waals surface area contributed by atoms with Gasteiger partial charge in [-0.1, -0.05) is 23.7 Å². The fraction of sp³-hybridized carbons (Fsp3) is 0.333. The van der Waals surface area contributed by atoms with Crippen LogP contribution in [0, 0.1) is 11.7 Å². The highest BCUT2D eigenvalue weighted by Crippen LogP contribution is 2.23. The van der Waals surface area contributed by atoms with Crippen molar-refractivity contribution >= 4 is 23.4 Å². The second-order valence-corrected chi connectivity index (χ2v) is 4.70. The van der Waals surface area contributed by atoms with E-state index in [1.54, 1.807) is 12.1 Å². The first-order valence-electron chi connectivity index (χ1n) is 5.49. The van der Waals surface area contributed by atoms with Crippen LogP contribution in [0.25, 0.3) is 0 Å². The molecule has 0 spiro atoms. The van der Waals surface area contributed by atoms with Crippen LogP contribution >= 0.6 is 11.6 Å². The Labute approximate surface area is 109 Å². The van der Waals surface area contributed by atoms with Crippen LogP contribution in [-0.2, 0) is 16.1 Å². The zero-order valence-electron chi connectivity index (χ0n) is 9.53.